The van der Waals surface area contributed by atoms with Gasteiger partial charge in [-0.05, 0) is 26.0 Å². The van der Waals surface area contributed by atoms with Crippen LogP contribution in [0.2, 0.25) is 0 Å². The summed E-state index contributed by atoms with van der Waals surface area (Å²) >= 11 is 0. The molecule has 0 saturated carbocycles. The number of hydrogen-bond donors (Lipinski definition) is 1. The van der Waals surface area contributed by atoms with Gasteiger partial charge in [0.2, 0.25) is 0 Å². The first kappa shape index (κ1) is 15.8. The van der Waals surface area contributed by atoms with Crippen LogP contribution in [0.25, 0.3) is 0 Å². The molecule has 3 rings (SSSR count). The molecule has 1 N–H and O–H groups in total. The van der Waals surface area contributed by atoms with Gasteiger partial charge in [0.1, 0.15) is 5.56 Å². The van der Waals surface area contributed by atoms with E-state index >= 15 is 0 Å². The highest BCUT2D eigenvalue weighted by Gasteiger charge is 2.37. The first-order valence-electron chi connectivity index (χ1n) is 7.34. The molecular formula is C14H18N4O4S. The van der Waals surface area contributed by atoms with Gasteiger partial charge in [0.25, 0.3) is 10.0 Å². The van der Waals surface area contributed by atoms with Crippen molar-refractivity contribution in [3.63, 3.8) is 0 Å². The normalized spacial score (nSPS) is 18.6. The molecule has 0 aliphatic carbocycles. The highest BCUT2D eigenvalue weighted by atomic mass is 32.2. The predicted molar refractivity (Wildman–Crippen MR) is 81.3 cm³/mol. The molecule has 0 spiro atoms. The van der Waals surface area contributed by atoms with Crippen molar-refractivity contribution >= 4 is 16.0 Å². The first-order chi connectivity index (χ1) is 11.0. The van der Waals surface area contributed by atoms with Gasteiger partial charge in [-0.3, -0.25) is 5.10 Å². The fraction of sp³-hybridized carbons (Fsp3) is 0.429. The van der Waals surface area contributed by atoms with Crippen LogP contribution in [0, 0.1) is 0 Å². The SMILES string of the molecule is CCOC(=O)c1cn[nH]c1S(=O)(=O)N1CCn2cccc2C1C. The van der Waals surface area contributed by atoms with Gasteiger partial charge >= 0.3 is 5.97 Å². The summed E-state index contributed by atoms with van der Waals surface area (Å²) in [7, 11) is -3.88. The van der Waals surface area contributed by atoms with Crippen molar-refractivity contribution in [2.24, 2.45) is 0 Å². The summed E-state index contributed by atoms with van der Waals surface area (Å²) in [6.07, 6.45) is 3.11. The Morgan fingerprint density at radius 1 is 1.48 bits per heavy atom. The topological polar surface area (TPSA) is 97.3 Å². The fourth-order valence-electron chi connectivity index (χ4n) is 2.83. The van der Waals surface area contributed by atoms with Gasteiger partial charge in [-0.2, -0.15) is 9.40 Å². The number of rotatable bonds is 4. The third-order valence-electron chi connectivity index (χ3n) is 3.95. The molecule has 0 aromatic carbocycles. The summed E-state index contributed by atoms with van der Waals surface area (Å²) in [5, 5.41) is 5.92. The lowest BCUT2D eigenvalue weighted by atomic mass is 10.2. The Hall–Kier alpha value is -2.13. The van der Waals surface area contributed by atoms with Gasteiger partial charge < -0.3 is 9.30 Å². The monoisotopic (exact) mass is 338 g/mol. The number of hydrogen-bond acceptors (Lipinski definition) is 5. The van der Waals surface area contributed by atoms with Crippen LogP contribution in [0.4, 0.5) is 0 Å². The molecule has 8 nitrogen and oxygen atoms in total. The molecule has 2 aromatic heterocycles. The number of aromatic amines is 1. The second-order valence-corrected chi connectivity index (χ2v) is 7.08. The van der Waals surface area contributed by atoms with E-state index in [1.54, 1.807) is 6.92 Å². The summed E-state index contributed by atoms with van der Waals surface area (Å²) in [4.78, 5) is 11.9. The average molecular weight is 338 g/mol. The number of carbonyl (C=O) groups is 1. The van der Waals surface area contributed by atoms with Crippen LogP contribution in [0.1, 0.15) is 35.9 Å². The highest BCUT2D eigenvalue weighted by molar-refractivity contribution is 7.89. The van der Waals surface area contributed by atoms with Crippen LogP contribution in [0.5, 0.6) is 0 Å². The zero-order valence-electron chi connectivity index (χ0n) is 12.9. The molecule has 1 atom stereocenters. The maximum absolute atomic E-state index is 13.0. The van der Waals surface area contributed by atoms with Gasteiger partial charge in [0.15, 0.2) is 5.03 Å². The lowest BCUT2D eigenvalue weighted by Gasteiger charge is -2.33. The number of carbonyl (C=O) groups excluding carboxylic acids is 1. The van der Waals surface area contributed by atoms with Gasteiger partial charge in [0, 0.05) is 25.0 Å². The third-order valence-corrected chi connectivity index (χ3v) is 5.90. The second-order valence-electron chi connectivity index (χ2n) is 5.25. The van der Waals surface area contributed by atoms with Crippen molar-refractivity contribution in [1.82, 2.24) is 19.1 Å². The number of nitrogens with one attached hydrogen (secondary N) is 1. The van der Waals surface area contributed by atoms with Crippen molar-refractivity contribution in [3.05, 3.63) is 35.8 Å². The van der Waals surface area contributed by atoms with Crippen LogP contribution in [-0.2, 0) is 21.3 Å². The lowest BCUT2D eigenvalue weighted by Crippen LogP contribution is -2.41. The minimum Gasteiger partial charge on any atom is -0.462 e. The molecule has 0 radical (unpaired) electrons. The van der Waals surface area contributed by atoms with E-state index in [1.165, 1.54) is 10.5 Å². The largest absolute Gasteiger partial charge is 0.462 e. The van der Waals surface area contributed by atoms with Gasteiger partial charge in [-0.1, -0.05) is 0 Å². The Kier molecular flexibility index (Phi) is 3.99. The predicted octanol–water partition coefficient (Wildman–Crippen LogP) is 1.15. The number of fused-ring (bicyclic) bond motifs is 1. The van der Waals surface area contributed by atoms with Crippen LogP contribution >= 0.6 is 0 Å². The summed E-state index contributed by atoms with van der Waals surface area (Å²) in [5.41, 5.74) is 0.844. The summed E-state index contributed by atoms with van der Waals surface area (Å²) in [5.74, 6) is -0.701. The Morgan fingerprint density at radius 2 is 2.26 bits per heavy atom. The van der Waals surface area contributed by atoms with E-state index in [1.807, 2.05) is 29.8 Å². The smallest absolute Gasteiger partial charge is 0.342 e. The number of esters is 1. The molecule has 0 fully saturated rings. The number of H-pyrrole nitrogens is 1. The average Bonchev–Trinajstić information content (AvgIpc) is 3.17. The summed E-state index contributed by atoms with van der Waals surface area (Å²) in [6, 6.07) is 3.45. The molecule has 1 unspecified atom stereocenters. The molecule has 2 aromatic rings. The van der Waals surface area contributed by atoms with Crippen molar-refractivity contribution in [2.75, 3.05) is 13.2 Å². The van der Waals surface area contributed by atoms with Crippen molar-refractivity contribution in [3.8, 4) is 0 Å². The molecule has 0 bridgehead atoms. The third kappa shape index (κ3) is 2.55. The van der Waals surface area contributed by atoms with E-state index in [0.717, 1.165) is 5.69 Å². The van der Waals surface area contributed by atoms with Crippen molar-refractivity contribution in [2.45, 2.75) is 31.5 Å². The van der Waals surface area contributed by atoms with Gasteiger partial charge in [-0.25, -0.2) is 13.2 Å². The molecule has 23 heavy (non-hydrogen) atoms. The van der Waals surface area contributed by atoms with E-state index < -0.39 is 16.0 Å². The zero-order valence-corrected chi connectivity index (χ0v) is 13.7. The minimum atomic E-state index is -3.88. The Labute approximate surface area is 134 Å². The standard InChI is InChI=1S/C14H18N4O4S/c1-3-22-14(19)11-9-15-16-13(11)23(20,21)18-8-7-17-6-4-5-12(17)10(18)2/h4-6,9-10H,3,7-8H2,1-2H3,(H,15,16). The molecule has 1 aliphatic rings. The molecule has 0 amide bonds. The van der Waals surface area contributed by atoms with E-state index in [0.29, 0.717) is 13.1 Å². The second kappa shape index (κ2) is 5.82. The molecule has 3 heterocycles. The van der Waals surface area contributed by atoms with Crippen LogP contribution in [0.3, 0.4) is 0 Å². The lowest BCUT2D eigenvalue weighted by molar-refractivity contribution is 0.0521. The van der Waals surface area contributed by atoms with Gasteiger partial charge in [-0.15, -0.1) is 0 Å². The minimum absolute atomic E-state index is 0.0694. The van der Waals surface area contributed by atoms with Crippen molar-refractivity contribution in [1.29, 1.82) is 0 Å². The molecule has 124 valence electrons. The maximum Gasteiger partial charge on any atom is 0.342 e. The quantitative estimate of drug-likeness (QED) is 0.844. The van der Waals surface area contributed by atoms with Crippen LogP contribution in [0.15, 0.2) is 29.6 Å². The first-order valence-corrected chi connectivity index (χ1v) is 8.78. The van der Waals surface area contributed by atoms with E-state index in [-0.39, 0.29) is 23.2 Å². The van der Waals surface area contributed by atoms with Gasteiger partial charge in [0.05, 0.1) is 18.8 Å². The van der Waals surface area contributed by atoms with E-state index in [4.69, 9.17) is 4.74 Å². The van der Waals surface area contributed by atoms with Crippen molar-refractivity contribution < 1.29 is 17.9 Å². The van der Waals surface area contributed by atoms with E-state index in [9.17, 15) is 13.2 Å². The zero-order chi connectivity index (χ0) is 16.6. The molecule has 9 heteroatoms. The number of nitrogens with zero attached hydrogens (tertiary/aromatic N) is 3. The van der Waals surface area contributed by atoms with E-state index in [2.05, 4.69) is 10.2 Å². The number of aromatic nitrogens is 3. The number of ether oxygens (including phenoxy) is 1. The summed E-state index contributed by atoms with van der Waals surface area (Å²) < 4.78 is 34.2. The Bertz CT molecular complexity index is 823. The molecule has 1 aliphatic heterocycles. The van der Waals surface area contributed by atoms with Crippen LogP contribution < -0.4 is 0 Å². The highest BCUT2D eigenvalue weighted by Crippen LogP contribution is 2.31. The van der Waals surface area contributed by atoms with Crippen LogP contribution in [-0.4, -0.2) is 46.6 Å². The summed E-state index contributed by atoms with van der Waals surface area (Å²) in [6.45, 7) is 4.54. The maximum atomic E-state index is 13.0. The Balaban J connectivity index is 1.98. The molecule has 0 saturated heterocycles. The Morgan fingerprint density at radius 3 is 3.00 bits per heavy atom. The molecular weight excluding hydrogens is 320 g/mol. The fourth-order valence-corrected chi connectivity index (χ4v) is 4.49. The number of sulfonamides is 1.